The van der Waals surface area contributed by atoms with Crippen LogP contribution in [0.2, 0.25) is 0 Å². The van der Waals surface area contributed by atoms with Crippen LogP contribution in [0.5, 0.6) is 0 Å². The lowest BCUT2D eigenvalue weighted by Gasteiger charge is -2.12. The summed E-state index contributed by atoms with van der Waals surface area (Å²) < 4.78 is 4.17. The molecule has 0 fully saturated rings. The molecular formula is C18H17BN2O2S. The molecule has 0 aliphatic heterocycles. The number of pyridine rings is 1. The number of hydrogen-bond donors (Lipinski definition) is 1. The number of aromatic nitrogens is 1. The van der Waals surface area contributed by atoms with Crippen molar-refractivity contribution in [1.29, 1.82) is 0 Å². The van der Waals surface area contributed by atoms with Gasteiger partial charge in [0.2, 0.25) is 13.5 Å². The predicted octanol–water partition coefficient (Wildman–Crippen LogP) is 1.05. The molecule has 1 N–H and O–H groups in total. The number of aldehydes is 1. The van der Waals surface area contributed by atoms with Crippen LogP contribution in [0, 0.1) is 0 Å². The van der Waals surface area contributed by atoms with Gasteiger partial charge < -0.3 is 9.27 Å². The third-order valence-corrected chi connectivity index (χ3v) is 4.38. The molecule has 0 spiro atoms. The second-order valence-corrected chi connectivity index (χ2v) is 5.94. The zero-order valence-electron chi connectivity index (χ0n) is 13.3. The molecule has 0 aliphatic rings. The highest BCUT2D eigenvalue weighted by molar-refractivity contribution is 8.01. The lowest BCUT2D eigenvalue weighted by atomic mass is 10.1. The molecule has 1 aromatic carbocycles. The quantitative estimate of drug-likeness (QED) is 0.487. The fraction of sp³-hybridized carbons (Fsp3) is 0.111. The molecular weight excluding hydrogens is 319 g/mol. The van der Waals surface area contributed by atoms with Gasteiger partial charge in [-0.2, -0.15) is 0 Å². The third-order valence-electron chi connectivity index (χ3n) is 3.42. The molecule has 2 rings (SSSR count). The van der Waals surface area contributed by atoms with Gasteiger partial charge in [-0.3, -0.25) is 4.79 Å². The van der Waals surface area contributed by atoms with Gasteiger partial charge in [-0.25, -0.2) is 4.72 Å². The fourth-order valence-corrected chi connectivity index (χ4v) is 2.79. The molecule has 1 unspecified atom stereocenters. The van der Waals surface area contributed by atoms with E-state index in [9.17, 15) is 9.59 Å². The smallest absolute Gasteiger partial charge is 0.239 e. The second-order valence-electron chi connectivity index (χ2n) is 5.03. The number of rotatable bonds is 6. The molecule has 2 radical (unpaired) electrons. The van der Waals surface area contributed by atoms with Gasteiger partial charge in [-0.15, -0.1) is 0 Å². The van der Waals surface area contributed by atoms with Crippen molar-refractivity contribution in [2.45, 2.75) is 13.0 Å². The zero-order chi connectivity index (χ0) is 17.5. The van der Waals surface area contributed by atoms with E-state index < -0.39 is 6.04 Å². The second kappa shape index (κ2) is 8.52. The Bertz CT molecular complexity index is 907. The Morgan fingerprint density at radius 1 is 1.29 bits per heavy atom. The summed E-state index contributed by atoms with van der Waals surface area (Å²) in [6.45, 7) is 5.75. The Morgan fingerprint density at radius 3 is 2.62 bits per heavy atom. The van der Waals surface area contributed by atoms with Gasteiger partial charge in [0.25, 0.3) is 0 Å². The minimum Gasteiger partial charge on any atom is -0.365 e. The molecule has 0 aliphatic carbocycles. The molecule has 0 saturated heterocycles. The van der Waals surface area contributed by atoms with E-state index in [-0.39, 0.29) is 5.56 Å². The van der Waals surface area contributed by atoms with Crippen LogP contribution in [-0.4, -0.2) is 18.7 Å². The van der Waals surface area contributed by atoms with Crippen molar-refractivity contribution < 1.29 is 4.79 Å². The highest BCUT2D eigenvalue weighted by atomic mass is 32.2. The number of benzene rings is 1. The van der Waals surface area contributed by atoms with Crippen LogP contribution < -0.4 is 20.8 Å². The molecule has 6 heteroatoms. The monoisotopic (exact) mass is 336 g/mol. The van der Waals surface area contributed by atoms with E-state index in [1.54, 1.807) is 12.1 Å². The number of hydrogen-bond acceptors (Lipinski definition) is 4. The fourth-order valence-electron chi connectivity index (χ4n) is 2.05. The number of nitrogens with zero attached hydrogens (tertiary/aromatic N) is 1. The summed E-state index contributed by atoms with van der Waals surface area (Å²) in [5.74, 6) is 0. The molecule has 0 saturated carbocycles. The molecule has 2 aromatic rings. The van der Waals surface area contributed by atoms with Crippen molar-refractivity contribution >= 4 is 38.9 Å². The van der Waals surface area contributed by atoms with E-state index in [4.69, 9.17) is 7.98 Å². The molecule has 1 aromatic heterocycles. The van der Waals surface area contributed by atoms with E-state index in [0.29, 0.717) is 10.6 Å². The summed E-state index contributed by atoms with van der Waals surface area (Å²) >= 11 is 1.29. The lowest BCUT2D eigenvalue weighted by Crippen LogP contribution is -2.41. The van der Waals surface area contributed by atoms with Crippen LogP contribution in [0.25, 0.3) is 12.7 Å². The largest absolute Gasteiger partial charge is 0.365 e. The van der Waals surface area contributed by atoms with Gasteiger partial charge in [-0.05, 0) is 41.8 Å². The van der Waals surface area contributed by atoms with Crippen molar-refractivity contribution in [3.63, 3.8) is 0 Å². The van der Waals surface area contributed by atoms with Crippen molar-refractivity contribution in [2.24, 2.45) is 0 Å². The maximum atomic E-state index is 11.7. The number of nitrogens with one attached hydrogen (secondary N) is 1. The summed E-state index contributed by atoms with van der Waals surface area (Å²) in [4.78, 5) is 23.8. The first kappa shape index (κ1) is 18.0. The van der Waals surface area contributed by atoms with Crippen LogP contribution >= 0.6 is 11.9 Å². The summed E-state index contributed by atoms with van der Waals surface area (Å²) in [5.41, 5.74) is 0.570. The van der Waals surface area contributed by atoms with Gasteiger partial charge in [0.15, 0.2) is 0 Å². The predicted molar refractivity (Wildman–Crippen MR) is 101 cm³/mol. The van der Waals surface area contributed by atoms with Gasteiger partial charge in [0.1, 0.15) is 6.29 Å². The molecule has 0 bridgehead atoms. The Labute approximate surface area is 146 Å². The summed E-state index contributed by atoms with van der Waals surface area (Å²) in [7, 11) is 5.78. The SMILES string of the molecule is [B]n1c(=O)ccc(=C)/c1=C\C(=CC)SNC(C=O)c1ccccc1. The first-order chi connectivity index (χ1) is 11.6. The number of allylic oxidation sites excluding steroid dienone is 2. The van der Waals surface area contributed by atoms with Crippen molar-refractivity contribution in [1.82, 2.24) is 9.20 Å². The average molecular weight is 336 g/mol. The molecule has 4 nitrogen and oxygen atoms in total. The Balaban J connectivity index is 2.24. The number of carbonyl (C=O) groups excluding carboxylic acids is 1. The van der Waals surface area contributed by atoms with Crippen molar-refractivity contribution in [2.75, 3.05) is 0 Å². The van der Waals surface area contributed by atoms with Gasteiger partial charge >= 0.3 is 0 Å². The van der Waals surface area contributed by atoms with Crippen molar-refractivity contribution in [3.8, 4) is 0 Å². The summed E-state index contributed by atoms with van der Waals surface area (Å²) in [6.07, 6.45) is 4.47. The van der Waals surface area contributed by atoms with E-state index in [1.165, 1.54) is 18.0 Å². The zero-order valence-corrected chi connectivity index (χ0v) is 14.1. The van der Waals surface area contributed by atoms with Crippen LogP contribution in [-0.2, 0) is 4.79 Å². The highest BCUT2D eigenvalue weighted by Gasteiger charge is 2.09. The first-order valence-corrected chi connectivity index (χ1v) is 8.15. The molecule has 1 heterocycles. The standard InChI is InChI=1S/C18H17BN2O2S/c1-3-15(11-17-13(2)9-10-18(23)21(17)19)24-20-16(12-22)14-7-5-4-6-8-14/h3-12,16,20H,2H2,1H3/b15-3?,17-11+. The topological polar surface area (TPSA) is 51.1 Å². The Hall–Kier alpha value is -2.31. The highest BCUT2D eigenvalue weighted by Crippen LogP contribution is 2.19. The van der Waals surface area contributed by atoms with E-state index >= 15 is 0 Å². The molecule has 120 valence electrons. The Kier molecular flexibility index (Phi) is 6.40. The van der Waals surface area contributed by atoms with Crippen molar-refractivity contribution in [3.05, 3.63) is 79.9 Å². The summed E-state index contributed by atoms with van der Waals surface area (Å²) in [6, 6.07) is 12.0. The van der Waals surface area contributed by atoms with Gasteiger partial charge in [0, 0.05) is 16.3 Å². The van der Waals surface area contributed by atoms with E-state index in [2.05, 4.69) is 11.3 Å². The van der Waals surface area contributed by atoms with Crippen LogP contribution in [0.1, 0.15) is 18.5 Å². The van der Waals surface area contributed by atoms with E-state index in [0.717, 1.165) is 21.2 Å². The van der Waals surface area contributed by atoms with Crippen LogP contribution in [0.4, 0.5) is 0 Å². The molecule has 1 atom stereocenters. The molecule has 24 heavy (non-hydrogen) atoms. The lowest BCUT2D eigenvalue weighted by molar-refractivity contribution is -0.109. The minimum absolute atomic E-state index is 0.308. The maximum Gasteiger partial charge on any atom is 0.239 e. The normalized spacial score (nSPS) is 13.7. The van der Waals surface area contributed by atoms with E-state index in [1.807, 2.05) is 43.3 Å². The average Bonchev–Trinajstić information content (AvgIpc) is 2.61. The molecule has 0 amide bonds. The third kappa shape index (κ3) is 4.37. The van der Waals surface area contributed by atoms with Gasteiger partial charge in [-0.1, -0.05) is 43.0 Å². The van der Waals surface area contributed by atoms with Crippen LogP contribution in [0.15, 0.2) is 58.2 Å². The Morgan fingerprint density at radius 2 is 2.00 bits per heavy atom. The summed E-state index contributed by atoms with van der Waals surface area (Å²) in [5, 5.41) is 1.17. The minimum atomic E-state index is -0.436. The maximum absolute atomic E-state index is 11.7. The van der Waals surface area contributed by atoms with Crippen LogP contribution in [0.3, 0.4) is 0 Å². The first-order valence-electron chi connectivity index (χ1n) is 7.33. The van der Waals surface area contributed by atoms with Gasteiger partial charge in [0.05, 0.1) is 6.04 Å². The number of carbonyl (C=O) groups is 1.